The van der Waals surface area contributed by atoms with Crippen molar-refractivity contribution in [2.75, 3.05) is 33.7 Å². The van der Waals surface area contributed by atoms with E-state index in [9.17, 15) is 4.79 Å². The predicted molar refractivity (Wildman–Crippen MR) is 114 cm³/mol. The molecule has 0 saturated carbocycles. The molecule has 0 aliphatic carbocycles. The number of thiazole rings is 1. The predicted octanol–water partition coefficient (Wildman–Crippen LogP) is 1.20. The summed E-state index contributed by atoms with van der Waals surface area (Å²) in [6, 6.07) is 0.388. The lowest BCUT2D eigenvalue weighted by Crippen LogP contribution is -2.49. The minimum atomic E-state index is 0. The molecule has 1 aliphatic heterocycles. The van der Waals surface area contributed by atoms with Gasteiger partial charge in [-0.15, -0.1) is 35.3 Å². The highest BCUT2D eigenvalue weighted by molar-refractivity contribution is 14.0. The van der Waals surface area contributed by atoms with Crippen molar-refractivity contribution in [2.45, 2.75) is 38.8 Å². The first-order chi connectivity index (χ1) is 11.6. The number of likely N-dealkylation sites (N-methyl/N-ethyl adjacent to an activating group) is 1. The molecule has 1 fully saturated rings. The second-order valence-electron chi connectivity index (χ2n) is 5.88. The van der Waals surface area contributed by atoms with Gasteiger partial charge in [0.15, 0.2) is 5.96 Å². The zero-order valence-corrected chi connectivity index (χ0v) is 18.3. The molecule has 7 nitrogen and oxygen atoms in total. The summed E-state index contributed by atoms with van der Waals surface area (Å²) < 4.78 is 0. The molecule has 0 bridgehead atoms. The maximum Gasteiger partial charge on any atom is 0.233 e. The molecule has 0 atom stereocenters. The van der Waals surface area contributed by atoms with Gasteiger partial charge in [-0.1, -0.05) is 6.92 Å². The van der Waals surface area contributed by atoms with Crippen molar-refractivity contribution >= 4 is 47.2 Å². The van der Waals surface area contributed by atoms with Gasteiger partial charge in [-0.25, -0.2) is 4.98 Å². The van der Waals surface area contributed by atoms with E-state index in [1.165, 1.54) is 5.01 Å². The maximum absolute atomic E-state index is 11.4. The number of aryl methyl sites for hydroxylation is 1. The van der Waals surface area contributed by atoms with Crippen LogP contribution >= 0.6 is 35.3 Å². The lowest BCUT2D eigenvalue weighted by molar-refractivity contribution is -0.122. The normalized spacial score (nSPS) is 16.2. The van der Waals surface area contributed by atoms with E-state index in [-0.39, 0.29) is 29.9 Å². The third-order valence-corrected chi connectivity index (χ3v) is 5.18. The van der Waals surface area contributed by atoms with Crippen LogP contribution in [0.1, 0.15) is 30.5 Å². The molecule has 3 N–H and O–H groups in total. The Bertz CT molecular complexity index is 557. The third kappa shape index (κ3) is 7.45. The first-order valence-electron chi connectivity index (χ1n) is 8.48. The van der Waals surface area contributed by atoms with Gasteiger partial charge in [-0.2, -0.15) is 0 Å². The number of aliphatic imine (C=N–C) groups is 1. The Morgan fingerprint density at radius 3 is 2.72 bits per heavy atom. The summed E-state index contributed by atoms with van der Waals surface area (Å²) in [5.74, 6) is 0.888. The fraction of sp³-hybridized carbons (Fsp3) is 0.688. The highest BCUT2D eigenvalue weighted by Gasteiger charge is 2.21. The van der Waals surface area contributed by atoms with Gasteiger partial charge in [0.1, 0.15) is 0 Å². The monoisotopic (exact) mass is 480 g/mol. The molecule has 1 aromatic rings. The van der Waals surface area contributed by atoms with E-state index >= 15 is 0 Å². The number of nitrogens with zero attached hydrogens (tertiary/aromatic N) is 3. The Morgan fingerprint density at radius 1 is 1.44 bits per heavy atom. The molecule has 1 aromatic heterocycles. The quantitative estimate of drug-likeness (QED) is 0.324. The van der Waals surface area contributed by atoms with Gasteiger partial charge in [-0.05, 0) is 19.3 Å². The third-order valence-electron chi connectivity index (χ3n) is 4.14. The Labute approximate surface area is 171 Å². The molecular formula is C16H29IN6OS. The first kappa shape index (κ1) is 22.1. The van der Waals surface area contributed by atoms with Crippen LogP contribution in [0.4, 0.5) is 0 Å². The van der Waals surface area contributed by atoms with Crippen molar-refractivity contribution in [3.05, 3.63) is 16.1 Å². The van der Waals surface area contributed by atoms with Crippen LogP contribution < -0.4 is 16.0 Å². The summed E-state index contributed by atoms with van der Waals surface area (Å²) >= 11 is 1.70. The Balaban J connectivity index is 0.00000312. The summed E-state index contributed by atoms with van der Waals surface area (Å²) in [7, 11) is 3.46. The molecule has 0 radical (unpaired) electrons. The van der Waals surface area contributed by atoms with Crippen LogP contribution in [0.25, 0.3) is 0 Å². The van der Waals surface area contributed by atoms with Gasteiger partial charge in [0.05, 0.1) is 23.8 Å². The van der Waals surface area contributed by atoms with Crippen LogP contribution in [0.3, 0.4) is 0 Å². The van der Waals surface area contributed by atoms with Gasteiger partial charge < -0.3 is 16.0 Å². The number of carbonyl (C=O) groups is 1. The number of aromatic nitrogens is 1. The molecule has 2 rings (SSSR count). The standard InChI is InChI=1S/C16H28N6OS.HI/c1-4-15-20-13(11-24-15)9-19-16(18-3)21-12-5-7-22(8-6-12)10-14(23)17-2;/h11-12H,4-10H2,1-3H3,(H,17,23)(H2,18,19,21);1H. The molecule has 25 heavy (non-hydrogen) atoms. The molecule has 9 heteroatoms. The molecule has 1 saturated heterocycles. The molecule has 1 aliphatic rings. The van der Waals surface area contributed by atoms with Gasteiger partial charge in [0.2, 0.25) is 5.91 Å². The van der Waals surface area contributed by atoms with E-state index in [1.807, 2.05) is 0 Å². The molecule has 0 spiro atoms. The molecule has 2 heterocycles. The number of piperidine rings is 1. The minimum Gasteiger partial charge on any atom is -0.358 e. The van der Waals surface area contributed by atoms with E-state index in [1.54, 1.807) is 25.4 Å². The number of hydrogen-bond acceptors (Lipinski definition) is 5. The van der Waals surface area contributed by atoms with Crippen LogP contribution in [-0.2, 0) is 17.8 Å². The summed E-state index contributed by atoms with van der Waals surface area (Å²) in [5.41, 5.74) is 1.06. The molecule has 0 unspecified atom stereocenters. The summed E-state index contributed by atoms with van der Waals surface area (Å²) in [6.07, 6.45) is 3.00. The Hall–Kier alpha value is -0.940. The molecule has 142 valence electrons. The minimum absolute atomic E-state index is 0. The zero-order chi connectivity index (χ0) is 17.4. The van der Waals surface area contributed by atoms with Crippen molar-refractivity contribution in [3.63, 3.8) is 0 Å². The van der Waals surface area contributed by atoms with Crippen LogP contribution in [0.2, 0.25) is 0 Å². The van der Waals surface area contributed by atoms with Crippen LogP contribution in [-0.4, -0.2) is 61.5 Å². The van der Waals surface area contributed by atoms with E-state index in [4.69, 9.17) is 0 Å². The maximum atomic E-state index is 11.4. The summed E-state index contributed by atoms with van der Waals surface area (Å²) in [6.45, 7) is 5.14. The molecule has 0 aromatic carbocycles. The number of likely N-dealkylation sites (tertiary alicyclic amines) is 1. The van der Waals surface area contributed by atoms with Crippen LogP contribution in [0, 0.1) is 0 Å². The Kier molecular flexibility index (Phi) is 10.3. The van der Waals surface area contributed by atoms with Gasteiger partial charge in [0.25, 0.3) is 0 Å². The summed E-state index contributed by atoms with van der Waals surface area (Å²) in [4.78, 5) is 22.5. The van der Waals surface area contributed by atoms with E-state index in [0.29, 0.717) is 19.1 Å². The van der Waals surface area contributed by atoms with Crippen LogP contribution in [0.15, 0.2) is 10.4 Å². The molecular weight excluding hydrogens is 451 g/mol. The average Bonchev–Trinajstić information content (AvgIpc) is 3.08. The number of hydrogen-bond donors (Lipinski definition) is 3. The van der Waals surface area contributed by atoms with Crippen molar-refractivity contribution in [1.82, 2.24) is 25.8 Å². The lowest BCUT2D eigenvalue weighted by Gasteiger charge is -2.32. The average molecular weight is 480 g/mol. The number of guanidine groups is 1. The smallest absolute Gasteiger partial charge is 0.233 e. The van der Waals surface area contributed by atoms with Gasteiger partial charge in [-0.3, -0.25) is 14.7 Å². The van der Waals surface area contributed by atoms with Gasteiger partial charge in [0, 0.05) is 38.6 Å². The number of carbonyl (C=O) groups excluding carboxylic acids is 1. The highest BCUT2D eigenvalue weighted by Crippen LogP contribution is 2.11. The fourth-order valence-corrected chi connectivity index (χ4v) is 3.42. The topological polar surface area (TPSA) is 81.7 Å². The molecule has 1 amide bonds. The number of amides is 1. The number of rotatable bonds is 6. The first-order valence-corrected chi connectivity index (χ1v) is 9.36. The van der Waals surface area contributed by atoms with Gasteiger partial charge >= 0.3 is 0 Å². The fourth-order valence-electron chi connectivity index (χ4n) is 2.67. The SMILES string of the molecule is CCc1nc(CNC(=NC)NC2CCN(CC(=O)NC)CC2)cs1.I. The van der Waals surface area contributed by atoms with Crippen molar-refractivity contribution in [3.8, 4) is 0 Å². The van der Waals surface area contributed by atoms with E-state index < -0.39 is 0 Å². The van der Waals surface area contributed by atoms with Crippen molar-refractivity contribution in [2.24, 2.45) is 4.99 Å². The zero-order valence-electron chi connectivity index (χ0n) is 15.2. The second-order valence-corrected chi connectivity index (χ2v) is 6.82. The lowest BCUT2D eigenvalue weighted by atomic mass is 10.1. The van der Waals surface area contributed by atoms with E-state index in [0.717, 1.165) is 44.0 Å². The number of halogens is 1. The van der Waals surface area contributed by atoms with Crippen molar-refractivity contribution in [1.29, 1.82) is 0 Å². The number of nitrogens with one attached hydrogen (secondary N) is 3. The Morgan fingerprint density at radius 2 is 2.16 bits per heavy atom. The summed E-state index contributed by atoms with van der Waals surface area (Å²) in [5, 5.41) is 12.7. The highest BCUT2D eigenvalue weighted by atomic mass is 127. The van der Waals surface area contributed by atoms with Crippen LogP contribution in [0.5, 0.6) is 0 Å². The van der Waals surface area contributed by atoms with E-state index in [2.05, 4.69) is 43.1 Å². The van der Waals surface area contributed by atoms with Crippen molar-refractivity contribution < 1.29 is 4.79 Å². The largest absolute Gasteiger partial charge is 0.358 e. The second kappa shape index (κ2) is 11.6.